The number of piperidine rings is 1. The first-order valence-corrected chi connectivity index (χ1v) is 8.73. The number of nitro groups is 1. The van der Waals surface area contributed by atoms with Crippen LogP contribution in [0.1, 0.15) is 18.4 Å². The number of nitrogens with zero attached hydrogens (tertiary/aromatic N) is 3. The molecular weight excluding hydrogens is 332 g/mol. The SMILES string of the molecule is O=[N+]([O-])c1cccc(CN2CCC(Oc3ccc4[nH]ncc4c3)CC2)c1. The smallest absolute Gasteiger partial charge is 0.269 e. The molecule has 0 amide bonds. The average Bonchev–Trinajstić information content (AvgIpc) is 3.11. The van der Waals surface area contributed by atoms with Crippen LogP contribution in [0.2, 0.25) is 0 Å². The Morgan fingerprint density at radius 1 is 1.23 bits per heavy atom. The van der Waals surface area contributed by atoms with E-state index >= 15 is 0 Å². The van der Waals surface area contributed by atoms with Crippen molar-refractivity contribution in [1.82, 2.24) is 15.1 Å². The highest BCUT2D eigenvalue weighted by Gasteiger charge is 2.21. The van der Waals surface area contributed by atoms with Crippen molar-refractivity contribution in [3.63, 3.8) is 0 Å². The van der Waals surface area contributed by atoms with E-state index in [1.165, 1.54) is 6.07 Å². The van der Waals surface area contributed by atoms with Crippen molar-refractivity contribution in [2.75, 3.05) is 13.1 Å². The van der Waals surface area contributed by atoms with E-state index in [1.807, 2.05) is 24.3 Å². The maximum atomic E-state index is 10.9. The molecule has 0 atom stereocenters. The lowest BCUT2D eigenvalue weighted by Crippen LogP contribution is -2.37. The van der Waals surface area contributed by atoms with E-state index in [0.29, 0.717) is 0 Å². The number of hydrogen-bond donors (Lipinski definition) is 1. The highest BCUT2D eigenvalue weighted by Crippen LogP contribution is 2.24. The molecule has 1 aromatic heterocycles. The number of aromatic amines is 1. The van der Waals surface area contributed by atoms with Gasteiger partial charge in [0.25, 0.3) is 5.69 Å². The number of nitro benzene ring substituents is 1. The lowest BCUT2D eigenvalue weighted by atomic mass is 10.1. The number of nitrogens with one attached hydrogen (secondary N) is 1. The van der Waals surface area contributed by atoms with Gasteiger partial charge in [-0.1, -0.05) is 12.1 Å². The topological polar surface area (TPSA) is 84.3 Å². The van der Waals surface area contributed by atoms with Crippen LogP contribution in [0.5, 0.6) is 5.75 Å². The number of non-ortho nitro benzene ring substituents is 1. The van der Waals surface area contributed by atoms with Crippen LogP contribution in [0, 0.1) is 10.1 Å². The Hall–Kier alpha value is -2.93. The molecule has 1 N–H and O–H groups in total. The highest BCUT2D eigenvalue weighted by atomic mass is 16.6. The van der Waals surface area contributed by atoms with Crippen LogP contribution >= 0.6 is 0 Å². The molecule has 0 aliphatic carbocycles. The van der Waals surface area contributed by atoms with E-state index in [4.69, 9.17) is 4.74 Å². The van der Waals surface area contributed by atoms with Crippen molar-refractivity contribution in [1.29, 1.82) is 0 Å². The molecule has 1 aliphatic rings. The zero-order valence-corrected chi connectivity index (χ0v) is 14.3. The summed E-state index contributed by atoms with van der Waals surface area (Å²) in [5.41, 5.74) is 2.13. The summed E-state index contributed by atoms with van der Waals surface area (Å²) < 4.78 is 6.12. The molecule has 0 spiro atoms. The van der Waals surface area contributed by atoms with Crippen molar-refractivity contribution in [2.45, 2.75) is 25.5 Å². The molecule has 0 unspecified atom stereocenters. The van der Waals surface area contributed by atoms with Gasteiger partial charge in [-0.3, -0.25) is 20.1 Å². The molecule has 2 heterocycles. The Kier molecular flexibility index (Phi) is 4.53. The highest BCUT2D eigenvalue weighted by molar-refractivity contribution is 5.79. The molecule has 7 heteroatoms. The Morgan fingerprint density at radius 2 is 2.08 bits per heavy atom. The molecule has 26 heavy (non-hydrogen) atoms. The standard InChI is InChI=1S/C19H20N4O3/c24-23(25)16-3-1-2-14(10-16)13-22-8-6-17(7-9-22)26-18-4-5-19-15(11-18)12-20-21-19/h1-5,10-12,17H,6-9,13H2,(H,20,21). The molecule has 4 rings (SSSR count). The predicted molar refractivity (Wildman–Crippen MR) is 98.1 cm³/mol. The minimum atomic E-state index is -0.347. The normalized spacial score (nSPS) is 16.0. The van der Waals surface area contributed by atoms with Crippen LogP contribution in [-0.2, 0) is 6.54 Å². The minimum Gasteiger partial charge on any atom is -0.490 e. The second-order valence-electron chi connectivity index (χ2n) is 6.64. The van der Waals surface area contributed by atoms with E-state index < -0.39 is 0 Å². The molecule has 0 saturated carbocycles. The predicted octanol–water partition coefficient (Wildman–Crippen LogP) is 3.51. The van der Waals surface area contributed by atoms with Crippen molar-refractivity contribution in [3.05, 3.63) is 64.3 Å². The van der Waals surface area contributed by atoms with Gasteiger partial charge in [-0.15, -0.1) is 0 Å². The number of rotatable bonds is 5. The van der Waals surface area contributed by atoms with E-state index in [9.17, 15) is 10.1 Å². The first-order valence-electron chi connectivity index (χ1n) is 8.73. The maximum absolute atomic E-state index is 10.9. The van der Waals surface area contributed by atoms with Crippen LogP contribution in [0.4, 0.5) is 5.69 Å². The summed E-state index contributed by atoms with van der Waals surface area (Å²) in [4.78, 5) is 12.9. The van der Waals surface area contributed by atoms with Crippen LogP contribution < -0.4 is 4.74 Å². The Bertz CT molecular complexity index is 916. The average molecular weight is 352 g/mol. The van der Waals surface area contributed by atoms with Crippen LogP contribution in [0.15, 0.2) is 48.7 Å². The summed E-state index contributed by atoms with van der Waals surface area (Å²) in [7, 11) is 0. The summed E-state index contributed by atoms with van der Waals surface area (Å²) in [5.74, 6) is 0.871. The summed E-state index contributed by atoms with van der Waals surface area (Å²) in [6.45, 7) is 2.57. The summed E-state index contributed by atoms with van der Waals surface area (Å²) >= 11 is 0. The fourth-order valence-corrected chi connectivity index (χ4v) is 3.40. The van der Waals surface area contributed by atoms with Gasteiger partial charge < -0.3 is 4.74 Å². The zero-order chi connectivity index (χ0) is 17.9. The van der Waals surface area contributed by atoms with E-state index in [-0.39, 0.29) is 16.7 Å². The van der Waals surface area contributed by atoms with Gasteiger partial charge in [0, 0.05) is 37.2 Å². The second kappa shape index (κ2) is 7.13. The Morgan fingerprint density at radius 3 is 2.88 bits per heavy atom. The molecule has 7 nitrogen and oxygen atoms in total. The van der Waals surface area contributed by atoms with Gasteiger partial charge in [0.05, 0.1) is 16.6 Å². The number of ether oxygens (including phenoxy) is 1. The molecule has 1 saturated heterocycles. The molecule has 1 aliphatic heterocycles. The second-order valence-corrected chi connectivity index (χ2v) is 6.64. The van der Waals surface area contributed by atoms with Gasteiger partial charge >= 0.3 is 0 Å². The van der Waals surface area contributed by atoms with E-state index in [2.05, 4.69) is 15.1 Å². The first-order chi connectivity index (χ1) is 12.7. The monoisotopic (exact) mass is 352 g/mol. The summed E-state index contributed by atoms with van der Waals surface area (Å²) in [6.07, 6.45) is 3.88. The first kappa shape index (κ1) is 16.5. The fraction of sp³-hybridized carbons (Fsp3) is 0.316. The van der Waals surface area contributed by atoms with E-state index in [0.717, 1.165) is 54.7 Å². The number of benzene rings is 2. The fourth-order valence-electron chi connectivity index (χ4n) is 3.40. The third-order valence-electron chi connectivity index (χ3n) is 4.78. The quantitative estimate of drug-likeness (QED) is 0.561. The molecule has 134 valence electrons. The van der Waals surface area contributed by atoms with Gasteiger partial charge in [-0.25, -0.2) is 0 Å². The van der Waals surface area contributed by atoms with Crippen molar-refractivity contribution in [2.24, 2.45) is 0 Å². The summed E-state index contributed by atoms with van der Waals surface area (Å²) in [6, 6.07) is 12.8. The van der Waals surface area contributed by atoms with Crippen LogP contribution in [-0.4, -0.2) is 39.2 Å². The lowest BCUT2D eigenvalue weighted by Gasteiger charge is -2.32. The molecule has 3 aromatic rings. The number of fused-ring (bicyclic) bond motifs is 1. The zero-order valence-electron chi connectivity index (χ0n) is 14.3. The number of likely N-dealkylation sites (tertiary alicyclic amines) is 1. The van der Waals surface area contributed by atoms with Crippen molar-refractivity contribution >= 4 is 16.6 Å². The van der Waals surface area contributed by atoms with Crippen molar-refractivity contribution < 1.29 is 9.66 Å². The molecule has 0 radical (unpaired) electrons. The van der Waals surface area contributed by atoms with Crippen LogP contribution in [0.3, 0.4) is 0 Å². The Labute approximate surface area is 150 Å². The number of hydrogen-bond acceptors (Lipinski definition) is 5. The van der Waals surface area contributed by atoms with Gasteiger partial charge in [0.15, 0.2) is 0 Å². The van der Waals surface area contributed by atoms with Gasteiger partial charge in [0.1, 0.15) is 11.9 Å². The number of aromatic nitrogens is 2. The Balaban J connectivity index is 1.32. The van der Waals surface area contributed by atoms with E-state index in [1.54, 1.807) is 18.3 Å². The third-order valence-corrected chi connectivity index (χ3v) is 4.78. The van der Waals surface area contributed by atoms with Gasteiger partial charge in [-0.05, 0) is 36.6 Å². The molecule has 2 aromatic carbocycles. The minimum absolute atomic E-state index is 0.148. The summed E-state index contributed by atoms with van der Waals surface area (Å²) in [5, 5.41) is 18.9. The van der Waals surface area contributed by atoms with Gasteiger partial charge in [0.2, 0.25) is 0 Å². The maximum Gasteiger partial charge on any atom is 0.269 e. The largest absolute Gasteiger partial charge is 0.490 e. The lowest BCUT2D eigenvalue weighted by molar-refractivity contribution is -0.384. The molecular formula is C19H20N4O3. The van der Waals surface area contributed by atoms with Crippen molar-refractivity contribution in [3.8, 4) is 5.75 Å². The number of H-pyrrole nitrogens is 1. The van der Waals surface area contributed by atoms with Gasteiger partial charge in [-0.2, -0.15) is 5.10 Å². The molecule has 0 bridgehead atoms. The molecule has 1 fully saturated rings. The van der Waals surface area contributed by atoms with Crippen LogP contribution in [0.25, 0.3) is 10.9 Å². The third kappa shape index (κ3) is 3.67.